The minimum atomic E-state index is -1.33. The van der Waals surface area contributed by atoms with Crippen molar-refractivity contribution in [3.8, 4) is 0 Å². The summed E-state index contributed by atoms with van der Waals surface area (Å²) in [6, 6.07) is -1.33. The van der Waals surface area contributed by atoms with Crippen molar-refractivity contribution >= 4 is 11.9 Å². The SMILES string of the molecule is Cc1oncc1C(=O)NC(CO)C(=O)O. The number of nitrogens with zero attached hydrogens (tertiary/aromatic N) is 1. The molecule has 3 N–H and O–H groups in total. The number of aromatic nitrogens is 1. The second-order valence-electron chi connectivity index (χ2n) is 2.84. The van der Waals surface area contributed by atoms with Gasteiger partial charge in [-0.1, -0.05) is 5.16 Å². The van der Waals surface area contributed by atoms with Crippen molar-refractivity contribution in [1.29, 1.82) is 0 Å². The zero-order valence-electron chi connectivity index (χ0n) is 7.93. The molecule has 1 atom stereocenters. The second-order valence-corrected chi connectivity index (χ2v) is 2.84. The number of hydrogen-bond donors (Lipinski definition) is 3. The van der Waals surface area contributed by atoms with Gasteiger partial charge >= 0.3 is 5.97 Å². The number of carbonyl (C=O) groups excluding carboxylic acids is 1. The Bertz CT molecular complexity index is 373. The fourth-order valence-corrected chi connectivity index (χ4v) is 0.938. The summed E-state index contributed by atoms with van der Waals surface area (Å²) in [4.78, 5) is 21.9. The highest BCUT2D eigenvalue weighted by Crippen LogP contribution is 2.05. The molecule has 0 fully saturated rings. The molecule has 1 aromatic heterocycles. The van der Waals surface area contributed by atoms with Crippen LogP contribution in [0.15, 0.2) is 10.7 Å². The Kier molecular flexibility index (Phi) is 3.40. The molecule has 0 aliphatic carbocycles. The van der Waals surface area contributed by atoms with Crippen LogP contribution in [0.5, 0.6) is 0 Å². The van der Waals surface area contributed by atoms with Gasteiger partial charge in [0.05, 0.1) is 12.8 Å². The predicted octanol–water partition coefficient (Wildman–Crippen LogP) is -0.842. The van der Waals surface area contributed by atoms with Crippen LogP contribution < -0.4 is 5.32 Å². The van der Waals surface area contributed by atoms with Crippen LogP contribution in [-0.4, -0.2) is 39.9 Å². The molecule has 0 saturated heterocycles. The molecule has 0 aromatic carbocycles. The molecule has 1 aromatic rings. The summed E-state index contributed by atoms with van der Waals surface area (Å²) in [5, 5.41) is 22.7. The van der Waals surface area contributed by atoms with Crippen molar-refractivity contribution in [2.24, 2.45) is 0 Å². The third-order valence-corrected chi connectivity index (χ3v) is 1.78. The van der Waals surface area contributed by atoms with Crippen LogP contribution in [-0.2, 0) is 4.79 Å². The van der Waals surface area contributed by atoms with Crippen molar-refractivity contribution in [3.63, 3.8) is 0 Å². The zero-order chi connectivity index (χ0) is 11.4. The lowest BCUT2D eigenvalue weighted by atomic mass is 10.2. The maximum absolute atomic E-state index is 11.4. The van der Waals surface area contributed by atoms with E-state index in [-0.39, 0.29) is 11.3 Å². The topological polar surface area (TPSA) is 113 Å². The number of aliphatic carboxylic acids is 1. The van der Waals surface area contributed by atoms with Gasteiger partial charge in [0.25, 0.3) is 5.91 Å². The Hall–Kier alpha value is -1.89. The van der Waals surface area contributed by atoms with E-state index in [1.807, 2.05) is 0 Å². The fraction of sp³-hybridized carbons (Fsp3) is 0.375. The summed E-state index contributed by atoms with van der Waals surface area (Å²) in [6.07, 6.45) is 1.18. The van der Waals surface area contributed by atoms with E-state index in [2.05, 4.69) is 15.0 Å². The molecule has 82 valence electrons. The summed E-state index contributed by atoms with van der Waals surface area (Å²) in [6.45, 7) is 0.849. The van der Waals surface area contributed by atoms with E-state index in [9.17, 15) is 9.59 Å². The number of rotatable bonds is 4. The van der Waals surface area contributed by atoms with Crippen molar-refractivity contribution in [1.82, 2.24) is 10.5 Å². The lowest BCUT2D eigenvalue weighted by Gasteiger charge is -2.10. The first-order chi connectivity index (χ1) is 7.06. The third-order valence-electron chi connectivity index (χ3n) is 1.78. The number of nitrogens with one attached hydrogen (secondary N) is 1. The maximum Gasteiger partial charge on any atom is 0.328 e. The highest BCUT2D eigenvalue weighted by molar-refractivity contribution is 5.97. The van der Waals surface area contributed by atoms with E-state index in [0.717, 1.165) is 0 Å². The van der Waals surface area contributed by atoms with Gasteiger partial charge in [0.1, 0.15) is 11.3 Å². The molecule has 1 amide bonds. The summed E-state index contributed by atoms with van der Waals surface area (Å²) in [5.41, 5.74) is 0.148. The first-order valence-corrected chi connectivity index (χ1v) is 4.12. The van der Waals surface area contributed by atoms with Crippen molar-refractivity contribution in [2.75, 3.05) is 6.61 Å². The van der Waals surface area contributed by atoms with Crippen molar-refractivity contribution in [2.45, 2.75) is 13.0 Å². The van der Waals surface area contributed by atoms with Gasteiger partial charge in [-0.2, -0.15) is 0 Å². The molecule has 1 rings (SSSR count). The van der Waals surface area contributed by atoms with Crippen LogP contribution in [0, 0.1) is 6.92 Å². The second kappa shape index (κ2) is 4.56. The smallest absolute Gasteiger partial charge is 0.328 e. The van der Waals surface area contributed by atoms with E-state index in [0.29, 0.717) is 0 Å². The normalized spacial score (nSPS) is 12.1. The van der Waals surface area contributed by atoms with Gasteiger partial charge in [-0.05, 0) is 6.92 Å². The molecule has 7 heteroatoms. The molecule has 1 heterocycles. The minimum Gasteiger partial charge on any atom is -0.480 e. The van der Waals surface area contributed by atoms with Gasteiger partial charge in [-0.15, -0.1) is 0 Å². The van der Waals surface area contributed by atoms with Gasteiger partial charge in [-0.3, -0.25) is 4.79 Å². The number of aliphatic hydroxyl groups excluding tert-OH is 1. The molecule has 15 heavy (non-hydrogen) atoms. The summed E-state index contributed by atoms with van der Waals surface area (Å²) in [7, 11) is 0. The highest BCUT2D eigenvalue weighted by atomic mass is 16.5. The summed E-state index contributed by atoms with van der Waals surface area (Å²) >= 11 is 0. The molecule has 0 spiro atoms. The van der Waals surface area contributed by atoms with Gasteiger partial charge in [0, 0.05) is 0 Å². The number of aryl methyl sites for hydroxylation is 1. The molecule has 0 aliphatic rings. The van der Waals surface area contributed by atoms with Crippen LogP contribution in [0.4, 0.5) is 0 Å². The van der Waals surface area contributed by atoms with Crippen LogP contribution in [0.25, 0.3) is 0 Å². The van der Waals surface area contributed by atoms with Crippen LogP contribution in [0.3, 0.4) is 0 Å². The maximum atomic E-state index is 11.4. The van der Waals surface area contributed by atoms with E-state index >= 15 is 0 Å². The van der Waals surface area contributed by atoms with Gasteiger partial charge < -0.3 is 20.1 Å². The summed E-state index contributed by atoms with van der Waals surface area (Å²) < 4.78 is 4.64. The van der Waals surface area contributed by atoms with Gasteiger partial charge in [0.2, 0.25) is 0 Å². The van der Waals surface area contributed by atoms with Crippen molar-refractivity contribution < 1.29 is 24.3 Å². The lowest BCUT2D eigenvalue weighted by Crippen LogP contribution is -2.43. The molecule has 0 aliphatic heterocycles. The molecular weight excluding hydrogens is 204 g/mol. The van der Waals surface area contributed by atoms with Gasteiger partial charge in [-0.25, -0.2) is 4.79 Å². The lowest BCUT2D eigenvalue weighted by molar-refractivity contribution is -0.140. The minimum absolute atomic E-state index is 0.148. The Balaban J connectivity index is 2.71. The molecular formula is C8H10N2O5. The Morgan fingerprint density at radius 2 is 2.33 bits per heavy atom. The molecule has 0 bridgehead atoms. The Morgan fingerprint density at radius 1 is 1.67 bits per heavy atom. The van der Waals surface area contributed by atoms with E-state index in [1.165, 1.54) is 13.1 Å². The standard InChI is InChI=1S/C8H10N2O5/c1-4-5(2-9-15-4)7(12)10-6(3-11)8(13)14/h2,6,11H,3H2,1H3,(H,10,12)(H,13,14). The van der Waals surface area contributed by atoms with Crippen LogP contribution in [0.1, 0.15) is 16.1 Å². The summed E-state index contributed by atoms with van der Waals surface area (Å²) in [5.74, 6) is -1.66. The van der Waals surface area contributed by atoms with Crippen LogP contribution in [0.2, 0.25) is 0 Å². The zero-order valence-corrected chi connectivity index (χ0v) is 7.93. The average Bonchev–Trinajstić information content (AvgIpc) is 2.60. The monoisotopic (exact) mass is 214 g/mol. The van der Waals surface area contributed by atoms with E-state index in [1.54, 1.807) is 0 Å². The first kappa shape index (κ1) is 11.2. The molecule has 1 unspecified atom stereocenters. The molecule has 0 saturated carbocycles. The highest BCUT2D eigenvalue weighted by Gasteiger charge is 2.21. The van der Waals surface area contributed by atoms with E-state index < -0.39 is 24.5 Å². The quantitative estimate of drug-likeness (QED) is 0.602. The molecule has 0 radical (unpaired) electrons. The predicted molar refractivity (Wildman–Crippen MR) is 47.2 cm³/mol. The Labute approximate surface area is 84.7 Å². The Morgan fingerprint density at radius 3 is 2.73 bits per heavy atom. The van der Waals surface area contributed by atoms with Crippen LogP contribution >= 0.6 is 0 Å². The number of hydrogen-bond acceptors (Lipinski definition) is 5. The third kappa shape index (κ3) is 2.53. The first-order valence-electron chi connectivity index (χ1n) is 4.12. The fourth-order valence-electron chi connectivity index (χ4n) is 0.938. The number of amides is 1. The largest absolute Gasteiger partial charge is 0.480 e. The number of aliphatic hydroxyl groups is 1. The number of carbonyl (C=O) groups is 2. The van der Waals surface area contributed by atoms with Gasteiger partial charge in [0.15, 0.2) is 6.04 Å². The number of carboxylic acids is 1. The van der Waals surface area contributed by atoms with E-state index in [4.69, 9.17) is 10.2 Å². The average molecular weight is 214 g/mol. The molecule has 7 nitrogen and oxygen atoms in total. The van der Waals surface area contributed by atoms with Crippen molar-refractivity contribution in [3.05, 3.63) is 17.5 Å². The number of carboxylic acid groups (broad SMARTS) is 1.